The minimum absolute atomic E-state index is 0.0956. The van der Waals surface area contributed by atoms with Crippen molar-refractivity contribution in [3.05, 3.63) is 59.7 Å². The van der Waals surface area contributed by atoms with Gasteiger partial charge in [0.25, 0.3) is 15.9 Å². The minimum Gasteiger partial charge on any atom is -0.395 e. The van der Waals surface area contributed by atoms with Gasteiger partial charge in [0, 0.05) is 6.54 Å². The van der Waals surface area contributed by atoms with Gasteiger partial charge in [-0.05, 0) is 36.2 Å². The van der Waals surface area contributed by atoms with Crippen molar-refractivity contribution in [2.45, 2.75) is 18.2 Å². The second-order valence-electron chi connectivity index (χ2n) is 5.13. The number of sulfonamides is 1. The Bertz CT molecular complexity index is 802. The molecule has 1 amide bonds. The highest BCUT2D eigenvalue weighted by atomic mass is 32.2. The van der Waals surface area contributed by atoms with Crippen molar-refractivity contribution >= 4 is 21.6 Å². The highest BCUT2D eigenvalue weighted by Crippen LogP contribution is 2.20. The average molecular weight is 348 g/mol. The van der Waals surface area contributed by atoms with E-state index in [1.807, 2.05) is 6.92 Å². The van der Waals surface area contributed by atoms with E-state index in [2.05, 4.69) is 10.0 Å². The highest BCUT2D eigenvalue weighted by Gasteiger charge is 2.18. The van der Waals surface area contributed by atoms with Crippen molar-refractivity contribution in [3.8, 4) is 0 Å². The molecule has 0 aromatic heterocycles. The van der Waals surface area contributed by atoms with E-state index in [0.29, 0.717) is 0 Å². The quantitative estimate of drug-likeness (QED) is 0.711. The Kier molecular flexibility index (Phi) is 5.94. The summed E-state index contributed by atoms with van der Waals surface area (Å²) in [5, 5.41) is 11.3. The van der Waals surface area contributed by atoms with Gasteiger partial charge in [0.15, 0.2) is 0 Å². The lowest BCUT2D eigenvalue weighted by Crippen LogP contribution is -2.27. The number of benzene rings is 2. The molecule has 0 aliphatic rings. The van der Waals surface area contributed by atoms with Gasteiger partial charge in [0.05, 0.1) is 22.8 Å². The summed E-state index contributed by atoms with van der Waals surface area (Å²) in [6.07, 6.45) is 0.821. The fourth-order valence-electron chi connectivity index (χ4n) is 2.14. The van der Waals surface area contributed by atoms with Gasteiger partial charge in [-0.15, -0.1) is 0 Å². The van der Waals surface area contributed by atoms with Crippen LogP contribution in [0.2, 0.25) is 0 Å². The molecule has 7 heteroatoms. The first kappa shape index (κ1) is 18.0. The fraction of sp³-hybridized carbons (Fsp3) is 0.235. The van der Waals surface area contributed by atoms with Crippen molar-refractivity contribution in [1.29, 1.82) is 0 Å². The molecule has 2 aromatic carbocycles. The summed E-state index contributed by atoms with van der Waals surface area (Å²) < 4.78 is 27.5. The van der Waals surface area contributed by atoms with Crippen molar-refractivity contribution in [2.24, 2.45) is 0 Å². The van der Waals surface area contributed by atoms with E-state index < -0.39 is 15.9 Å². The summed E-state index contributed by atoms with van der Waals surface area (Å²) in [6.45, 7) is 1.89. The molecule has 0 radical (unpaired) electrons. The van der Waals surface area contributed by atoms with Crippen molar-refractivity contribution in [1.82, 2.24) is 5.32 Å². The van der Waals surface area contributed by atoms with Crippen LogP contribution in [-0.2, 0) is 16.4 Å². The number of amides is 1. The Hall–Kier alpha value is -2.38. The third-order valence-electron chi connectivity index (χ3n) is 3.46. The molecule has 0 saturated carbocycles. The summed E-state index contributed by atoms with van der Waals surface area (Å²) >= 11 is 0. The normalized spacial score (nSPS) is 11.1. The molecule has 0 saturated heterocycles. The standard InChI is InChI=1S/C17H20N2O4S/c1-2-13-7-9-14(10-8-13)24(22,23)19-16-6-4-3-5-15(16)17(21)18-11-12-20/h3-10,19-20H,2,11-12H2,1H3,(H,18,21). The van der Waals surface area contributed by atoms with Crippen LogP contribution in [-0.4, -0.2) is 32.6 Å². The maximum atomic E-state index is 12.5. The summed E-state index contributed by atoms with van der Waals surface area (Å²) in [4.78, 5) is 12.2. The molecular weight excluding hydrogens is 328 g/mol. The number of anilines is 1. The van der Waals surface area contributed by atoms with Crippen LogP contribution < -0.4 is 10.0 Å². The molecule has 0 spiro atoms. The fourth-order valence-corrected chi connectivity index (χ4v) is 3.22. The zero-order valence-electron chi connectivity index (χ0n) is 13.3. The van der Waals surface area contributed by atoms with Crippen molar-refractivity contribution < 1.29 is 18.3 Å². The molecule has 2 rings (SSSR count). The highest BCUT2D eigenvalue weighted by molar-refractivity contribution is 7.92. The molecule has 0 fully saturated rings. The number of aryl methyl sites for hydroxylation is 1. The van der Waals surface area contributed by atoms with Gasteiger partial charge in [-0.2, -0.15) is 0 Å². The topological polar surface area (TPSA) is 95.5 Å². The third kappa shape index (κ3) is 4.33. The van der Waals surface area contributed by atoms with Crippen LogP contribution in [0, 0.1) is 0 Å². The zero-order chi connectivity index (χ0) is 17.6. The molecule has 0 bridgehead atoms. The molecule has 0 heterocycles. The second-order valence-corrected chi connectivity index (χ2v) is 6.81. The van der Waals surface area contributed by atoms with E-state index >= 15 is 0 Å². The minimum atomic E-state index is -3.79. The number of para-hydroxylation sites is 1. The van der Waals surface area contributed by atoms with Crippen LogP contribution in [0.3, 0.4) is 0 Å². The van der Waals surface area contributed by atoms with Gasteiger partial charge in [-0.25, -0.2) is 8.42 Å². The Morgan fingerprint density at radius 1 is 1.08 bits per heavy atom. The lowest BCUT2D eigenvalue weighted by atomic mass is 10.2. The molecule has 128 valence electrons. The Balaban J connectivity index is 2.27. The number of carbonyl (C=O) groups is 1. The number of rotatable bonds is 7. The van der Waals surface area contributed by atoms with Gasteiger partial charge in [-0.3, -0.25) is 9.52 Å². The van der Waals surface area contributed by atoms with E-state index in [4.69, 9.17) is 5.11 Å². The van der Waals surface area contributed by atoms with Crippen LogP contribution in [0.25, 0.3) is 0 Å². The maximum absolute atomic E-state index is 12.5. The average Bonchev–Trinajstić information content (AvgIpc) is 2.60. The van der Waals surface area contributed by atoms with Crippen molar-refractivity contribution in [2.75, 3.05) is 17.9 Å². The van der Waals surface area contributed by atoms with E-state index in [-0.39, 0.29) is 29.3 Å². The van der Waals surface area contributed by atoms with Gasteiger partial charge in [0.2, 0.25) is 0 Å². The van der Waals surface area contributed by atoms with Gasteiger partial charge in [-0.1, -0.05) is 31.2 Å². The van der Waals surface area contributed by atoms with Crippen LogP contribution >= 0.6 is 0 Å². The molecule has 0 aliphatic heterocycles. The molecular formula is C17H20N2O4S. The lowest BCUT2D eigenvalue weighted by molar-refractivity contribution is 0.0945. The largest absolute Gasteiger partial charge is 0.395 e. The molecule has 2 aromatic rings. The number of nitrogens with one attached hydrogen (secondary N) is 2. The van der Waals surface area contributed by atoms with Gasteiger partial charge in [0.1, 0.15) is 0 Å². The van der Waals surface area contributed by atoms with Crippen LogP contribution in [0.4, 0.5) is 5.69 Å². The second kappa shape index (κ2) is 7.94. The third-order valence-corrected chi connectivity index (χ3v) is 4.84. The maximum Gasteiger partial charge on any atom is 0.261 e. The van der Waals surface area contributed by atoms with E-state index in [9.17, 15) is 13.2 Å². The van der Waals surface area contributed by atoms with Crippen LogP contribution in [0.15, 0.2) is 53.4 Å². The van der Waals surface area contributed by atoms with Crippen molar-refractivity contribution in [3.63, 3.8) is 0 Å². The van der Waals surface area contributed by atoms with Gasteiger partial charge >= 0.3 is 0 Å². The molecule has 0 aliphatic carbocycles. The number of aliphatic hydroxyl groups is 1. The summed E-state index contributed by atoms with van der Waals surface area (Å²) in [7, 11) is -3.79. The first-order chi connectivity index (χ1) is 11.5. The first-order valence-corrected chi connectivity index (χ1v) is 9.06. The Morgan fingerprint density at radius 3 is 2.38 bits per heavy atom. The molecule has 24 heavy (non-hydrogen) atoms. The predicted octanol–water partition coefficient (Wildman–Crippen LogP) is 1.77. The summed E-state index contributed by atoms with van der Waals surface area (Å²) in [5.41, 5.74) is 1.42. The Morgan fingerprint density at radius 2 is 1.75 bits per heavy atom. The number of hydrogen-bond acceptors (Lipinski definition) is 4. The smallest absolute Gasteiger partial charge is 0.261 e. The van der Waals surface area contributed by atoms with E-state index in [1.54, 1.807) is 24.3 Å². The lowest BCUT2D eigenvalue weighted by Gasteiger charge is -2.12. The summed E-state index contributed by atoms with van der Waals surface area (Å²) in [6, 6.07) is 12.9. The molecule has 0 atom stereocenters. The number of carbonyl (C=O) groups excluding carboxylic acids is 1. The molecule has 6 nitrogen and oxygen atoms in total. The number of aliphatic hydroxyl groups excluding tert-OH is 1. The predicted molar refractivity (Wildman–Crippen MR) is 92.5 cm³/mol. The van der Waals surface area contributed by atoms with E-state index in [0.717, 1.165) is 12.0 Å². The van der Waals surface area contributed by atoms with E-state index in [1.165, 1.54) is 24.3 Å². The summed E-state index contributed by atoms with van der Waals surface area (Å²) in [5.74, 6) is -0.455. The Labute approximate surface area is 141 Å². The molecule has 0 unspecified atom stereocenters. The zero-order valence-corrected chi connectivity index (χ0v) is 14.1. The van der Waals surface area contributed by atoms with Crippen LogP contribution in [0.5, 0.6) is 0 Å². The number of hydrogen-bond donors (Lipinski definition) is 3. The SMILES string of the molecule is CCc1ccc(S(=O)(=O)Nc2ccccc2C(=O)NCCO)cc1. The van der Waals surface area contributed by atoms with Gasteiger partial charge < -0.3 is 10.4 Å². The first-order valence-electron chi connectivity index (χ1n) is 7.57. The van der Waals surface area contributed by atoms with Crippen LogP contribution in [0.1, 0.15) is 22.8 Å². The monoisotopic (exact) mass is 348 g/mol. The molecule has 3 N–H and O–H groups in total.